The van der Waals surface area contributed by atoms with E-state index in [2.05, 4.69) is 41.2 Å². The maximum absolute atomic E-state index is 12.8. The Morgan fingerprint density at radius 1 is 0.914 bits per heavy atom. The van der Waals surface area contributed by atoms with Gasteiger partial charge in [0.2, 0.25) is 0 Å². The van der Waals surface area contributed by atoms with Gasteiger partial charge in [-0.1, -0.05) is 40.7 Å². The molecule has 0 aromatic heterocycles. The minimum absolute atomic E-state index is 0.0531. The van der Waals surface area contributed by atoms with E-state index in [9.17, 15) is 20.1 Å². The van der Waals surface area contributed by atoms with Crippen LogP contribution in [-0.4, -0.2) is 33.5 Å². The fraction of sp³-hybridized carbons (Fsp3) is 0.903. The van der Waals surface area contributed by atoms with E-state index in [0.717, 1.165) is 51.4 Å². The summed E-state index contributed by atoms with van der Waals surface area (Å²) in [7, 11) is 0. The summed E-state index contributed by atoms with van der Waals surface area (Å²) in [6, 6.07) is 0. The monoisotopic (exact) mass is 486 g/mol. The van der Waals surface area contributed by atoms with Crippen molar-refractivity contribution in [3.63, 3.8) is 0 Å². The summed E-state index contributed by atoms with van der Waals surface area (Å²) in [4.78, 5) is 12.8. The van der Waals surface area contributed by atoms with Gasteiger partial charge in [-0.15, -0.1) is 6.58 Å². The summed E-state index contributed by atoms with van der Waals surface area (Å²) in [6.45, 7) is 16.0. The van der Waals surface area contributed by atoms with Crippen LogP contribution in [0.4, 0.5) is 0 Å². The molecule has 0 bridgehead atoms. The van der Waals surface area contributed by atoms with Crippen molar-refractivity contribution in [1.29, 1.82) is 0 Å². The standard InChI is InChI=1S/C31H50O4/c1-7-8-21(32)19-11-16-31(26(34)35)18-17-29(5)20(25(19)31)9-10-23-28(4)14-13-24(33)27(2,3)22(28)12-15-30(23,29)6/h7,19-25,32-33H,1,8-18H2,2-6H3,(H,34,35)/t19-,20?,21?,22?,23?,24-,25?,28-,29+,30+,31-/m0/s1. The third kappa shape index (κ3) is 3.14. The lowest BCUT2D eigenvalue weighted by Gasteiger charge is -2.72. The van der Waals surface area contributed by atoms with Crippen molar-refractivity contribution in [2.24, 2.45) is 56.7 Å². The van der Waals surface area contributed by atoms with Crippen molar-refractivity contribution in [2.75, 3.05) is 0 Å². The van der Waals surface area contributed by atoms with Crippen LogP contribution < -0.4 is 0 Å². The highest BCUT2D eigenvalue weighted by Crippen LogP contribution is 2.77. The Balaban J connectivity index is 1.55. The molecule has 35 heavy (non-hydrogen) atoms. The van der Waals surface area contributed by atoms with Crippen LogP contribution in [0, 0.1) is 56.7 Å². The molecule has 4 heteroatoms. The number of aliphatic hydroxyl groups excluding tert-OH is 2. The molecule has 0 aliphatic heterocycles. The Morgan fingerprint density at radius 2 is 1.63 bits per heavy atom. The maximum atomic E-state index is 12.8. The summed E-state index contributed by atoms with van der Waals surface area (Å²) in [5.41, 5.74) is -0.242. The van der Waals surface area contributed by atoms with Gasteiger partial charge >= 0.3 is 5.97 Å². The summed E-state index contributed by atoms with van der Waals surface area (Å²) < 4.78 is 0. The van der Waals surface area contributed by atoms with Crippen molar-refractivity contribution >= 4 is 5.97 Å². The number of carboxylic acid groups (broad SMARTS) is 1. The molecule has 5 saturated carbocycles. The molecule has 5 fully saturated rings. The van der Waals surface area contributed by atoms with Crippen molar-refractivity contribution in [2.45, 2.75) is 117 Å². The lowest BCUT2D eigenvalue weighted by molar-refractivity contribution is -0.250. The number of hydrogen-bond acceptors (Lipinski definition) is 3. The summed E-state index contributed by atoms with van der Waals surface area (Å²) >= 11 is 0. The van der Waals surface area contributed by atoms with Crippen molar-refractivity contribution < 1.29 is 20.1 Å². The lowest BCUT2D eigenvalue weighted by atomic mass is 9.32. The molecule has 5 aliphatic rings. The second kappa shape index (κ2) is 8.06. The predicted octanol–water partition coefficient (Wildman–Crippen LogP) is 6.45. The molecule has 0 amide bonds. The molecule has 0 heterocycles. The first-order chi connectivity index (χ1) is 16.3. The highest BCUT2D eigenvalue weighted by molar-refractivity contribution is 5.76. The first kappa shape index (κ1) is 25.8. The summed E-state index contributed by atoms with van der Waals surface area (Å²) in [6.07, 6.45) is 11.5. The molecule has 4 nitrogen and oxygen atoms in total. The molecule has 0 radical (unpaired) electrons. The van der Waals surface area contributed by atoms with E-state index < -0.39 is 17.5 Å². The molecule has 11 atom stereocenters. The quantitative estimate of drug-likeness (QED) is 0.399. The maximum Gasteiger partial charge on any atom is 0.309 e. The number of aliphatic hydroxyl groups is 2. The van der Waals surface area contributed by atoms with Gasteiger partial charge in [0.15, 0.2) is 0 Å². The molecular formula is C31H50O4. The zero-order valence-electron chi connectivity index (χ0n) is 22.9. The third-order valence-corrected chi connectivity index (χ3v) is 13.8. The fourth-order valence-electron chi connectivity index (χ4n) is 11.8. The Bertz CT molecular complexity index is 881. The van der Waals surface area contributed by atoms with Gasteiger partial charge in [-0.3, -0.25) is 4.79 Å². The van der Waals surface area contributed by atoms with Gasteiger partial charge in [0.05, 0.1) is 17.6 Å². The predicted molar refractivity (Wildman–Crippen MR) is 139 cm³/mol. The second-order valence-corrected chi connectivity index (χ2v) is 14.8. The summed E-state index contributed by atoms with van der Waals surface area (Å²) in [5.74, 6) is 0.988. The van der Waals surface area contributed by atoms with Crippen LogP contribution in [0.2, 0.25) is 0 Å². The van der Waals surface area contributed by atoms with E-state index >= 15 is 0 Å². The Hall–Kier alpha value is -0.870. The largest absolute Gasteiger partial charge is 0.481 e. The fourth-order valence-corrected chi connectivity index (χ4v) is 11.8. The molecule has 3 N–H and O–H groups in total. The smallest absolute Gasteiger partial charge is 0.309 e. The Morgan fingerprint density at radius 3 is 2.29 bits per heavy atom. The van der Waals surface area contributed by atoms with E-state index in [1.807, 2.05) is 0 Å². The van der Waals surface area contributed by atoms with Gasteiger partial charge in [-0.2, -0.15) is 0 Å². The average Bonchev–Trinajstić information content (AvgIpc) is 3.18. The van der Waals surface area contributed by atoms with E-state index in [1.165, 1.54) is 6.42 Å². The van der Waals surface area contributed by atoms with Gasteiger partial charge in [-0.25, -0.2) is 0 Å². The van der Waals surface area contributed by atoms with Gasteiger partial charge in [-0.05, 0) is 122 Å². The number of rotatable bonds is 4. The van der Waals surface area contributed by atoms with E-state index in [1.54, 1.807) is 6.08 Å². The number of fused-ring (bicyclic) bond motifs is 7. The average molecular weight is 487 g/mol. The second-order valence-electron chi connectivity index (χ2n) is 14.8. The van der Waals surface area contributed by atoms with Crippen LogP contribution in [0.15, 0.2) is 12.7 Å². The third-order valence-electron chi connectivity index (χ3n) is 13.8. The van der Waals surface area contributed by atoms with Crippen molar-refractivity contribution in [3.8, 4) is 0 Å². The van der Waals surface area contributed by atoms with Gasteiger partial charge in [0, 0.05) is 0 Å². The van der Waals surface area contributed by atoms with E-state index in [-0.39, 0.29) is 39.6 Å². The first-order valence-electron chi connectivity index (χ1n) is 14.5. The van der Waals surface area contributed by atoms with Crippen molar-refractivity contribution in [3.05, 3.63) is 12.7 Å². The van der Waals surface area contributed by atoms with Crippen LogP contribution >= 0.6 is 0 Å². The molecule has 5 aliphatic carbocycles. The van der Waals surface area contributed by atoms with Crippen LogP contribution in [0.3, 0.4) is 0 Å². The minimum atomic E-state index is -0.668. The molecule has 5 rings (SSSR count). The van der Waals surface area contributed by atoms with Crippen molar-refractivity contribution in [1.82, 2.24) is 0 Å². The zero-order valence-corrected chi connectivity index (χ0v) is 22.9. The van der Waals surface area contributed by atoms with Crippen LogP contribution in [0.1, 0.15) is 105 Å². The van der Waals surface area contributed by atoms with Gasteiger partial charge in [0.1, 0.15) is 0 Å². The van der Waals surface area contributed by atoms with Crippen LogP contribution in [0.5, 0.6) is 0 Å². The van der Waals surface area contributed by atoms with Gasteiger partial charge < -0.3 is 15.3 Å². The molecule has 198 valence electrons. The normalized spacial score (nSPS) is 53.5. The molecule has 0 aromatic rings. The number of carbonyl (C=O) groups is 1. The zero-order chi connectivity index (χ0) is 25.6. The Labute approximate surface area is 213 Å². The molecule has 0 spiro atoms. The molecular weight excluding hydrogens is 436 g/mol. The van der Waals surface area contributed by atoms with Crippen LogP contribution in [0.25, 0.3) is 0 Å². The molecule has 0 saturated heterocycles. The lowest BCUT2D eigenvalue weighted by Crippen LogP contribution is -2.67. The van der Waals surface area contributed by atoms with E-state index in [4.69, 9.17) is 0 Å². The van der Waals surface area contributed by atoms with Gasteiger partial charge in [0.25, 0.3) is 0 Å². The molecule has 0 aromatic carbocycles. The van der Waals surface area contributed by atoms with Crippen LogP contribution in [-0.2, 0) is 4.79 Å². The SMILES string of the molecule is C=CCC(O)[C@@H]1CC[C@]2(C(=O)O)CC[C@]3(C)C(CCC4[C@@]5(C)CC[C@H](O)C(C)(C)C5CC[C@]43C)C12. The first-order valence-corrected chi connectivity index (χ1v) is 14.5. The minimum Gasteiger partial charge on any atom is -0.481 e. The topological polar surface area (TPSA) is 77.8 Å². The summed E-state index contributed by atoms with van der Waals surface area (Å²) in [5, 5.41) is 32.6. The Kier molecular flexibility index (Phi) is 5.94. The number of hydrogen-bond donors (Lipinski definition) is 3. The number of aliphatic carboxylic acids is 1. The number of carboxylic acids is 1. The van der Waals surface area contributed by atoms with E-state index in [0.29, 0.717) is 30.6 Å². The highest BCUT2D eigenvalue weighted by Gasteiger charge is 2.72. The molecule has 5 unspecified atom stereocenters. The highest BCUT2D eigenvalue weighted by atomic mass is 16.4.